The fourth-order valence-electron chi connectivity index (χ4n) is 4.87. The Morgan fingerprint density at radius 3 is 2.92 bits per heavy atom. The van der Waals surface area contributed by atoms with E-state index < -0.39 is 0 Å². The summed E-state index contributed by atoms with van der Waals surface area (Å²) in [6.07, 6.45) is 8.25. The average Bonchev–Trinajstić information content (AvgIpc) is 2.92. The van der Waals surface area contributed by atoms with Gasteiger partial charge in [-0.05, 0) is 83.0 Å². The molecule has 5 heteroatoms. The van der Waals surface area contributed by atoms with Crippen LogP contribution in [0.3, 0.4) is 0 Å². The van der Waals surface area contributed by atoms with Gasteiger partial charge in [0.05, 0.1) is 13.2 Å². The molecule has 4 nitrogen and oxygen atoms in total. The van der Waals surface area contributed by atoms with Gasteiger partial charge in [-0.2, -0.15) is 0 Å². The standard InChI is InChI=1S/C21H25BrN2O2/c1-25-18-4-3-15-10-21(20(26-2)19(15)9-18)5-6-24-17(11-21)8-14-7-16(22)13-23-12-14/h3-4,7,9,12-13,17,20,24H,5-6,8,10-11H2,1-2H3/t17-,20+,21?/m1/s1. The molecule has 2 aliphatic rings. The number of nitrogens with one attached hydrogen (secondary N) is 1. The molecule has 138 valence electrons. The van der Waals surface area contributed by atoms with Crippen molar-refractivity contribution in [3.63, 3.8) is 0 Å². The van der Waals surface area contributed by atoms with E-state index in [9.17, 15) is 0 Å². The molecule has 26 heavy (non-hydrogen) atoms. The van der Waals surface area contributed by atoms with Gasteiger partial charge < -0.3 is 14.8 Å². The van der Waals surface area contributed by atoms with E-state index in [0.717, 1.165) is 42.5 Å². The van der Waals surface area contributed by atoms with Crippen LogP contribution in [-0.2, 0) is 17.6 Å². The Morgan fingerprint density at radius 1 is 1.27 bits per heavy atom. The zero-order valence-corrected chi connectivity index (χ0v) is 16.9. The molecule has 4 rings (SSSR count). The topological polar surface area (TPSA) is 43.4 Å². The quantitative estimate of drug-likeness (QED) is 0.815. The van der Waals surface area contributed by atoms with Gasteiger partial charge in [-0.15, -0.1) is 0 Å². The highest BCUT2D eigenvalue weighted by molar-refractivity contribution is 9.10. The van der Waals surface area contributed by atoms with Crippen LogP contribution in [0.4, 0.5) is 0 Å². The lowest BCUT2D eigenvalue weighted by Gasteiger charge is -2.42. The van der Waals surface area contributed by atoms with Gasteiger partial charge in [0.25, 0.3) is 0 Å². The van der Waals surface area contributed by atoms with Crippen molar-refractivity contribution >= 4 is 15.9 Å². The molecular weight excluding hydrogens is 392 g/mol. The first kappa shape index (κ1) is 18.0. The number of piperidine rings is 1. The molecule has 1 aromatic heterocycles. The van der Waals surface area contributed by atoms with Crippen molar-refractivity contribution in [2.75, 3.05) is 20.8 Å². The molecule has 0 saturated carbocycles. The highest BCUT2D eigenvalue weighted by Crippen LogP contribution is 2.54. The summed E-state index contributed by atoms with van der Waals surface area (Å²) in [7, 11) is 3.57. The van der Waals surface area contributed by atoms with Gasteiger partial charge in [0.2, 0.25) is 0 Å². The second-order valence-electron chi connectivity index (χ2n) is 7.54. The number of fused-ring (bicyclic) bond motifs is 1. The van der Waals surface area contributed by atoms with Crippen LogP contribution in [0.5, 0.6) is 5.75 Å². The molecule has 0 bridgehead atoms. The third kappa shape index (κ3) is 3.28. The Kier molecular flexibility index (Phi) is 5.04. The average molecular weight is 417 g/mol. The monoisotopic (exact) mass is 416 g/mol. The lowest BCUT2D eigenvalue weighted by atomic mass is 9.71. The van der Waals surface area contributed by atoms with Crippen molar-refractivity contribution in [1.82, 2.24) is 10.3 Å². The van der Waals surface area contributed by atoms with Crippen molar-refractivity contribution in [2.24, 2.45) is 5.41 Å². The predicted molar refractivity (Wildman–Crippen MR) is 106 cm³/mol. The van der Waals surface area contributed by atoms with Gasteiger partial charge in [0.15, 0.2) is 0 Å². The fraction of sp³-hybridized carbons (Fsp3) is 0.476. The number of benzene rings is 1. The first-order chi connectivity index (χ1) is 12.6. The van der Waals surface area contributed by atoms with Crippen LogP contribution in [0.15, 0.2) is 41.1 Å². The summed E-state index contributed by atoms with van der Waals surface area (Å²) in [5.41, 5.74) is 4.14. The molecule has 1 aliphatic heterocycles. The molecule has 0 amide bonds. The van der Waals surface area contributed by atoms with Crippen LogP contribution in [-0.4, -0.2) is 31.8 Å². The second-order valence-corrected chi connectivity index (χ2v) is 8.46. The molecule has 1 fully saturated rings. The molecule has 2 aromatic rings. The van der Waals surface area contributed by atoms with Gasteiger partial charge in [0.1, 0.15) is 5.75 Å². The Balaban J connectivity index is 1.57. The number of pyridine rings is 1. The van der Waals surface area contributed by atoms with Gasteiger partial charge in [0, 0.05) is 35.4 Å². The summed E-state index contributed by atoms with van der Waals surface area (Å²) in [5, 5.41) is 3.71. The van der Waals surface area contributed by atoms with Gasteiger partial charge in [-0.3, -0.25) is 4.98 Å². The Morgan fingerprint density at radius 2 is 2.15 bits per heavy atom. The molecular formula is C21H25BrN2O2. The maximum Gasteiger partial charge on any atom is 0.119 e. The fourth-order valence-corrected chi connectivity index (χ4v) is 5.28. The largest absolute Gasteiger partial charge is 0.497 e. The van der Waals surface area contributed by atoms with Crippen LogP contribution >= 0.6 is 15.9 Å². The minimum absolute atomic E-state index is 0.137. The molecule has 3 atom stereocenters. The number of nitrogens with zero attached hydrogens (tertiary/aromatic N) is 1. The van der Waals surface area contributed by atoms with E-state index in [4.69, 9.17) is 9.47 Å². The van der Waals surface area contributed by atoms with Gasteiger partial charge in [-0.25, -0.2) is 0 Å². The number of halogens is 1. The van der Waals surface area contributed by atoms with E-state index in [1.807, 2.05) is 19.5 Å². The Bertz CT molecular complexity index is 797. The van der Waals surface area contributed by atoms with Crippen molar-refractivity contribution in [3.05, 3.63) is 57.8 Å². The number of hydrogen-bond donors (Lipinski definition) is 1. The smallest absolute Gasteiger partial charge is 0.119 e. The molecule has 1 aliphatic carbocycles. The van der Waals surface area contributed by atoms with E-state index in [-0.39, 0.29) is 11.5 Å². The number of aromatic nitrogens is 1. The minimum Gasteiger partial charge on any atom is -0.497 e. The molecule has 1 unspecified atom stereocenters. The number of hydrogen-bond acceptors (Lipinski definition) is 4. The van der Waals surface area contributed by atoms with Crippen molar-refractivity contribution in [1.29, 1.82) is 0 Å². The van der Waals surface area contributed by atoms with Crippen LogP contribution in [0.1, 0.15) is 35.6 Å². The Labute approximate surface area is 163 Å². The molecule has 1 aromatic carbocycles. The molecule has 1 spiro atoms. The maximum absolute atomic E-state index is 6.04. The highest BCUT2D eigenvalue weighted by Gasteiger charge is 2.49. The molecule has 0 radical (unpaired) electrons. The number of ether oxygens (including phenoxy) is 2. The zero-order chi connectivity index (χ0) is 18.1. The molecule has 1 saturated heterocycles. The van der Waals surface area contributed by atoms with E-state index in [1.54, 1.807) is 7.11 Å². The first-order valence-corrected chi connectivity index (χ1v) is 9.95. The molecule has 2 heterocycles. The van der Waals surface area contributed by atoms with Crippen molar-refractivity contribution in [3.8, 4) is 5.75 Å². The van der Waals surface area contributed by atoms with Crippen LogP contribution < -0.4 is 10.1 Å². The molecule has 1 N–H and O–H groups in total. The summed E-state index contributed by atoms with van der Waals surface area (Å²) in [6, 6.07) is 9.04. The minimum atomic E-state index is 0.137. The maximum atomic E-state index is 6.04. The normalized spacial score (nSPS) is 27.5. The summed E-state index contributed by atoms with van der Waals surface area (Å²) in [5.74, 6) is 0.911. The van der Waals surface area contributed by atoms with Gasteiger partial charge >= 0.3 is 0 Å². The summed E-state index contributed by atoms with van der Waals surface area (Å²) >= 11 is 3.53. The van der Waals surface area contributed by atoms with E-state index in [0.29, 0.717) is 6.04 Å². The lowest BCUT2D eigenvalue weighted by molar-refractivity contribution is -0.0290. The van der Waals surface area contributed by atoms with Gasteiger partial charge in [-0.1, -0.05) is 6.07 Å². The number of methoxy groups -OCH3 is 2. The lowest BCUT2D eigenvalue weighted by Crippen LogP contribution is -2.47. The summed E-state index contributed by atoms with van der Waals surface area (Å²) in [4.78, 5) is 4.31. The predicted octanol–water partition coefficient (Wildman–Crippen LogP) is 4.08. The summed E-state index contributed by atoms with van der Waals surface area (Å²) < 4.78 is 12.5. The number of rotatable bonds is 4. The third-order valence-corrected chi connectivity index (χ3v) is 6.36. The van der Waals surface area contributed by atoms with Crippen LogP contribution in [0.2, 0.25) is 0 Å². The van der Waals surface area contributed by atoms with E-state index in [1.165, 1.54) is 16.7 Å². The second kappa shape index (κ2) is 7.29. The van der Waals surface area contributed by atoms with E-state index >= 15 is 0 Å². The Hall–Kier alpha value is -1.43. The van der Waals surface area contributed by atoms with Crippen molar-refractivity contribution in [2.45, 2.75) is 37.8 Å². The zero-order valence-electron chi connectivity index (χ0n) is 15.3. The van der Waals surface area contributed by atoms with Crippen molar-refractivity contribution < 1.29 is 9.47 Å². The SMILES string of the molecule is COc1ccc2c(c1)[C@H](OC)C1(CCN[C@H](Cc3cncc(Br)c3)C1)C2. The highest BCUT2D eigenvalue weighted by atomic mass is 79.9. The summed E-state index contributed by atoms with van der Waals surface area (Å²) in [6.45, 7) is 1.02. The van der Waals surface area contributed by atoms with Crippen LogP contribution in [0.25, 0.3) is 0 Å². The first-order valence-electron chi connectivity index (χ1n) is 9.16. The third-order valence-electron chi connectivity index (χ3n) is 5.92. The van der Waals surface area contributed by atoms with Crippen LogP contribution in [0, 0.1) is 5.41 Å². The van der Waals surface area contributed by atoms with E-state index in [2.05, 4.69) is 50.5 Å².